The maximum atomic E-state index is 14.0. The standard InChI is InChI=1S/C18H24BrFN2O2S/c1-18(2,3)10-12-11-22(7-6-21-25(23,24)13-4-5-13)17-9-16(20)15(19)8-14(12)17/h8-9,11,13,21H,4-7,10H2,1-3H3. The molecule has 0 bridgehead atoms. The van der Waals surface area contributed by atoms with Gasteiger partial charge in [-0.05, 0) is 58.3 Å². The van der Waals surface area contributed by atoms with E-state index in [4.69, 9.17) is 0 Å². The zero-order valence-corrected chi connectivity index (χ0v) is 17.2. The van der Waals surface area contributed by atoms with Crippen molar-refractivity contribution >= 4 is 36.9 Å². The summed E-state index contributed by atoms with van der Waals surface area (Å²) in [6.45, 7) is 7.29. The van der Waals surface area contributed by atoms with Crippen molar-refractivity contribution in [3.05, 3.63) is 34.2 Å². The van der Waals surface area contributed by atoms with Crippen LogP contribution in [-0.4, -0.2) is 24.8 Å². The Morgan fingerprint density at radius 2 is 2.00 bits per heavy atom. The number of halogens is 2. The Kier molecular flexibility index (Phi) is 5.03. The summed E-state index contributed by atoms with van der Waals surface area (Å²) >= 11 is 3.27. The van der Waals surface area contributed by atoms with Crippen LogP contribution in [0.1, 0.15) is 39.2 Å². The van der Waals surface area contributed by atoms with Crippen LogP contribution in [0.5, 0.6) is 0 Å². The molecule has 0 atom stereocenters. The molecule has 0 saturated heterocycles. The molecule has 0 spiro atoms. The van der Waals surface area contributed by atoms with Gasteiger partial charge < -0.3 is 4.57 Å². The molecule has 1 aromatic heterocycles. The molecular formula is C18H24BrFN2O2S. The first-order chi connectivity index (χ1) is 11.6. The van der Waals surface area contributed by atoms with E-state index in [-0.39, 0.29) is 16.5 Å². The van der Waals surface area contributed by atoms with Gasteiger partial charge in [-0.3, -0.25) is 0 Å². The smallest absolute Gasteiger partial charge is 0.214 e. The molecule has 0 aliphatic heterocycles. The number of sulfonamides is 1. The predicted octanol–water partition coefficient (Wildman–Crippen LogP) is 4.21. The third-order valence-electron chi connectivity index (χ3n) is 4.35. The zero-order valence-electron chi connectivity index (χ0n) is 14.8. The van der Waals surface area contributed by atoms with E-state index in [0.29, 0.717) is 17.6 Å². The van der Waals surface area contributed by atoms with E-state index in [0.717, 1.165) is 35.7 Å². The fraction of sp³-hybridized carbons (Fsp3) is 0.556. The Hall–Kier alpha value is -0.920. The summed E-state index contributed by atoms with van der Waals surface area (Å²) < 4.78 is 43.0. The molecule has 1 heterocycles. The Labute approximate surface area is 157 Å². The average Bonchev–Trinajstić information content (AvgIpc) is 3.27. The maximum absolute atomic E-state index is 14.0. The van der Waals surface area contributed by atoms with Crippen molar-refractivity contribution in [2.75, 3.05) is 6.54 Å². The van der Waals surface area contributed by atoms with Crippen LogP contribution in [0.2, 0.25) is 0 Å². The zero-order chi connectivity index (χ0) is 18.4. The third-order valence-corrected chi connectivity index (χ3v) is 6.91. The molecule has 1 aliphatic carbocycles. The van der Waals surface area contributed by atoms with E-state index >= 15 is 0 Å². The second-order valence-corrected chi connectivity index (χ2v) is 10.9. The second kappa shape index (κ2) is 6.67. The van der Waals surface area contributed by atoms with Crippen molar-refractivity contribution < 1.29 is 12.8 Å². The van der Waals surface area contributed by atoms with Crippen LogP contribution in [0.4, 0.5) is 4.39 Å². The number of fused-ring (bicyclic) bond motifs is 1. The van der Waals surface area contributed by atoms with E-state index in [9.17, 15) is 12.8 Å². The summed E-state index contributed by atoms with van der Waals surface area (Å²) in [5.41, 5.74) is 2.05. The third kappa shape index (κ3) is 4.44. The van der Waals surface area contributed by atoms with Gasteiger partial charge in [0, 0.05) is 24.7 Å². The van der Waals surface area contributed by atoms with Gasteiger partial charge in [-0.25, -0.2) is 17.5 Å². The van der Waals surface area contributed by atoms with E-state index in [1.165, 1.54) is 6.07 Å². The van der Waals surface area contributed by atoms with Crippen LogP contribution in [0.15, 0.2) is 22.8 Å². The Morgan fingerprint density at radius 1 is 1.32 bits per heavy atom. The number of hydrogen-bond acceptors (Lipinski definition) is 2. The van der Waals surface area contributed by atoms with Crippen molar-refractivity contribution in [2.24, 2.45) is 5.41 Å². The molecule has 0 unspecified atom stereocenters. The number of nitrogens with zero attached hydrogens (tertiary/aromatic N) is 1. The van der Waals surface area contributed by atoms with Crippen LogP contribution in [0, 0.1) is 11.2 Å². The minimum absolute atomic E-state index is 0.105. The molecule has 2 aromatic rings. The van der Waals surface area contributed by atoms with E-state index in [2.05, 4.69) is 41.4 Å². The van der Waals surface area contributed by atoms with Gasteiger partial charge in [-0.1, -0.05) is 20.8 Å². The van der Waals surface area contributed by atoms with Gasteiger partial charge in [0.25, 0.3) is 0 Å². The molecule has 1 saturated carbocycles. The van der Waals surface area contributed by atoms with Gasteiger partial charge in [0.15, 0.2) is 0 Å². The van der Waals surface area contributed by atoms with Gasteiger partial charge in [0.2, 0.25) is 10.0 Å². The number of aromatic nitrogens is 1. The molecule has 1 N–H and O–H groups in total. The van der Waals surface area contributed by atoms with Crippen LogP contribution >= 0.6 is 15.9 Å². The van der Waals surface area contributed by atoms with E-state index in [1.54, 1.807) is 0 Å². The first-order valence-corrected chi connectivity index (χ1v) is 10.9. The minimum Gasteiger partial charge on any atom is -0.346 e. The van der Waals surface area contributed by atoms with Gasteiger partial charge in [-0.2, -0.15) is 0 Å². The van der Waals surface area contributed by atoms with Gasteiger partial charge in [-0.15, -0.1) is 0 Å². The number of nitrogens with one attached hydrogen (secondary N) is 1. The van der Waals surface area contributed by atoms with Crippen LogP contribution in [-0.2, 0) is 23.0 Å². The lowest BCUT2D eigenvalue weighted by molar-refractivity contribution is 0.412. The highest BCUT2D eigenvalue weighted by atomic mass is 79.9. The average molecular weight is 431 g/mol. The minimum atomic E-state index is -3.19. The molecule has 1 fully saturated rings. The highest BCUT2D eigenvalue weighted by molar-refractivity contribution is 9.10. The monoisotopic (exact) mass is 430 g/mol. The largest absolute Gasteiger partial charge is 0.346 e. The summed E-state index contributed by atoms with van der Waals surface area (Å²) in [5.74, 6) is -0.312. The summed E-state index contributed by atoms with van der Waals surface area (Å²) in [5, 5.41) is 0.784. The molecule has 1 aliphatic rings. The summed E-state index contributed by atoms with van der Waals surface area (Å²) in [4.78, 5) is 0. The fourth-order valence-electron chi connectivity index (χ4n) is 3.06. The summed E-state index contributed by atoms with van der Waals surface area (Å²) in [6, 6.07) is 3.33. The molecule has 4 nitrogen and oxygen atoms in total. The number of benzene rings is 1. The van der Waals surface area contributed by atoms with Crippen LogP contribution in [0.3, 0.4) is 0 Å². The molecule has 0 radical (unpaired) electrons. The summed E-state index contributed by atoms with van der Waals surface area (Å²) in [7, 11) is -3.19. The first-order valence-electron chi connectivity index (χ1n) is 8.52. The van der Waals surface area contributed by atoms with Gasteiger partial charge in [0.1, 0.15) is 5.82 Å². The number of hydrogen-bond donors (Lipinski definition) is 1. The topological polar surface area (TPSA) is 51.1 Å². The van der Waals surface area contributed by atoms with Crippen molar-refractivity contribution in [1.29, 1.82) is 0 Å². The quantitative estimate of drug-likeness (QED) is 0.745. The molecule has 1 aromatic carbocycles. The highest BCUT2D eigenvalue weighted by Crippen LogP contribution is 2.32. The van der Waals surface area contributed by atoms with Crippen LogP contribution < -0.4 is 4.72 Å². The van der Waals surface area contributed by atoms with Crippen molar-refractivity contribution in [2.45, 2.75) is 51.8 Å². The lowest BCUT2D eigenvalue weighted by Crippen LogP contribution is -2.30. The molecule has 7 heteroatoms. The maximum Gasteiger partial charge on any atom is 0.214 e. The van der Waals surface area contributed by atoms with Crippen molar-refractivity contribution in [3.8, 4) is 0 Å². The SMILES string of the molecule is CC(C)(C)Cc1cn(CCNS(=O)(=O)C2CC2)c2cc(F)c(Br)cc12. The second-order valence-electron chi connectivity index (χ2n) is 8.01. The molecular weight excluding hydrogens is 407 g/mol. The Morgan fingerprint density at radius 3 is 2.60 bits per heavy atom. The van der Waals surface area contributed by atoms with E-state index < -0.39 is 10.0 Å². The first kappa shape index (κ1) is 18.9. The molecule has 3 rings (SSSR count). The fourth-order valence-corrected chi connectivity index (χ4v) is 4.77. The number of rotatable bonds is 6. The van der Waals surface area contributed by atoms with Gasteiger partial charge in [0.05, 0.1) is 15.2 Å². The molecule has 138 valence electrons. The predicted molar refractivity (Wildman–Crippen MR) is 103 cm³/mol. The van der Waals surface area contributed by atoms with Crippen molar-refractivity contribution in [1.82, 2.24) is 9.29 Å². The Balaban J connectivity index is 1.87. The van der Waals surface area contributed by atoms with Gasteiger partial charge >= 0.3 is 0 Å². The van der Waals surface area contributed by atoms with E-state index in [1.807, 2.05) is 16.8 Å². The van der Waals surface area contributed by atoms with Crippen molar-refractivity contribution in [3.63, 3.8) is 0 Å². The highest BCUT2D eigenvalue weighted by Gasteiger charge is 2.35. The van der Waals surface area contributed by atoms with Crippen LogP contribution in [0.25, 0.3) is 10.9 Å². The molecule has 25 heavy (non-hydrogen) atoms. The summed E-state index contributed by atoms with van der Waals surface area (Å²) in [6.07, 6.45) is 4.38. The lowest BCUT2D eigenvalue weighted by atomic mass is 9.88. The normalized spacial score (nSPS) is 15.9. The Bertz CT molecular complexity index is 896. The molecule has 0 amide bonds. The lowest BCUT2D eigenvalue weighted by Gasteiger charge is -2.17.